The van der Waals surface area contributed by atoms with E-state index in [2.05, 4.69) is 20.7 Å². The van der Waals surface area contributed by atoms with Crippen molar-refractivity contribution in [2.75, 3.05) is 11.9 Å². The summed E-state index contributed by atoms with van der Waals surface area (Å²) < 4.78 is 1.64. The van der Waals surface area contributed by atoms with Crippen molar-refractivity contribution in [2.45, 2.75) is 31.8 Å². The van der Waals surface area contributed by atoms with Gasteiger partial charge in [-0.25, -0.2) is 9.78 Å². The molecule has 1 saturated carbocycles. The van der Waals surface area contributed by atoms with E-state index in [1.165, 1.54) is 0 Å². The van der Waals surface area contributed by atoms with Crippen molar-refractivity contribution in [1.82, 2.24) is 20.1 Å². The Morgan fingerprint density at radius 1 is 1.42 bits per heavy atom. The Kier molecular flexibility index (Phi) is 5.10. The lowest BCUT2D eigenvalue weighted by molar-refractivity contribution is 0.101. The minimum Gasteiger partial charge on any atom is -0.393 e. The summed E-state index contributed by atoms with van der Waals surface area (Å²) in [6, 6.07) is 7.21. The summed E-state index contributed by atoms with van der Waals surface area (Å²) in [7, 11) is 1.81. The van der Waals surface area contributed by atoms with E-state index in [9.17, 15) is 9.90 Å². The van der Waals surface area contributed by atoms with Gasteiger partial charge in [0.1, 0.15) is 6.33 Å². The van der Waals surface area contributed by atoms with Crippen LogP contribution in [-0.2, 0) is 7.05 Å². The Bertz CT molecular complexity index is 700. The van der Waals surface area contributed by atoms with Gasteiger partial charge in [-0.05, 0) is 37.3 Å². The zero-order valence-electron chi connectivity index (χ0n) is 13.8. The number of hydrogen-bond acceptors (Lipinski definition) is 4. The summed E-state index contributed by atoms with van der Waals surface area (Å²) in [6.07, 6.45) is 5.13. The number of aliphatic hydroxyl groups is 1. The Morgan fingerprint density at radius 3 is 3.04 bits per heavy atom. The number of rotatable bonds is 4. The van der Waals surface area contributed by atoms with Gasteiger partial charge < -0.3 is 15.7 Å². The molecule has 7 heteroatoms. The lowest BCUT2D eigenvalue weighted by Gasteiger charge is -2.25. The van der Waals surface area contributed by atoms with Gasteiger partial charge in [0, 0.05) is 24.8 Å². The highest BCUT2D eigenvalue weighted by atomic mass is 16.3. The van der Waals surface area contributed by atoms with Gasteiger partial charge in [-0.15, -0.1) is 0 Å². The van der Waals surface area contributed by atoms with Crippen LogP contribution in [0.15, 0.2) is 30.6 Å². The van der Waals surface area contributed by atoms with E-state index in [0.29, 0.717) is 24.0 Å². The number of urea groups is 1. The molecular formula is C17H23N5O2. The molecule has 0 radical (unpaired) electrons. The van der Waals surface area contributed by atoms with E-state index < -0.39 is 0 Å². The Balaban J connectivity index is 1.54. The molecule has 0 bridgehead atoms. The third kappa shape index (κ3) is 4.32. The quantitative estimate of drug-likeness (QED) is 0.801. The summed E-state index contributed by atoms with van der Waals surface area (Å²) >= 11 is 0. The van der Waals surface area contributed by atoms with Crippen molar-refractivity contribution in [3.63, 3.8) is 0 Å². The second-order valence-corrected chi connectivity index (χ2v) is 6.34. The molecule has 0 saturated heterocycles. The first-order chi connectivity index (χ1) is 11.6. The van der Waals surface area contributed by atoms with Crippen molar-refractivity contribution in [2.24, 2.45) is 13.0 Å². The van der Waals surface area contributed by atoms with Gasteiger partial charge in [-0.3, -0.25) is 4.68 Å². The maximum absolute atomic E-state index is 12.1. The van der Waals surface area contributed by atoms with E-state index in [1.54, 1.807) is 11.0 Å². The standard InChI is InChI=1S/C17H23N5O2/c1-22-11-19-16(21-22)13-5-3-6-14(9-13)20-17(24)18-10-12-4-2-7-15(23)8-12/h3,5-6,9,11-12,15,23H,2,4,7-8,10H2,1H3,(H2,18,20,24). The van der Waals surface area contributed by atoms with Crippen LogP contribution in [0.4, 0.5) is 10.5 Å². The molecule has 2 atom stereocenters. The average Bonchev–Trinajstić information content (AvgIpc) is 3.00. The maximum Gasteiger partial charge on any atom is 0.319 e. The molecule has 3 N–H and O–H groups in total. The van der Waals surface area contributed by atoms with E-state index in [4.69, 9.17) is 0 Å². The van der Waals surface area contributed by atoms with Crippen LogP contribution in [0.1, 0.15) is 25.7 Å². The predicted molar refractivity (Wildman–Crippen MR) is 91.4 cm³/mol. The lowest BCUT2D eigenvalue weighted by Crippen LogP contribution is -2.35. The summed E-state index contributed by atoms with van der Waals surface area (Å²) in [5, 5.41) is 19.7. The van der Waals surface area contributed by atoms with Gasteiger partial charge >= 0.3 is 6.03 Å². The molecule has 2 amide bonds. The Hall–Kier alpha value is -2.41. The molecule has 0 spiro atoms. The number of nitrogens with one attached hydrogen (secondary N) is 2. The molecule has 2 unspecified atom stereocenters. The van der Waals surface area contributed by atoms with Crippen LogP contribution in [0.3, 0.4) is 0 Å². The van der Waals surface area contributed by atoms with Crippen molar-refractivity contribution in [3.05, 3.63) is 30.6 Å². The van der Waals surface area contributed by atoms with Crippen molar-refractivity contribution < 1.29 is 9.90 Å². The number of aromatic nitrogens is 3. The topological polar surface area (TPSA) is 92.1 Å². The third-order valence-corrected chi connectivity index (χ3v) is 4.28. The Morgan fingerprint density at radius 2 is 2.29 bits per heavy atom. The number of nitrogens with zero attached hydrogens (tertiary/aromatic N) is 3. The minimum atomic E-state index is -0.235. The first kappa shape index (κ1) is 16.4. The zero-order valence-corrected chi connectivity index (χ0v) is 13.8. The molecular weight excluding hydrogens is 306 g/mol. The normalized spacial score (nSPS) is 20.6. The van der Waals surface area contributed by atoms with Gasteiger partial charge in [0.05, 0.1) is 6.10 Å². The minimum absolute atomic E-state index is 0.226. The molecule has 1 heterocycles. The molecule has 128 valence electrons. The van der Waals surface area contributed by atoms with Gasteiger partial charge in [-0.1, -0.05) is 18.6 Å². The molecule has 1 aliphatic rings. The molecule has 2 aromatic rings. The number of anilines is 1. The number of amides is 2. The van der Waals surface area contributed by atoms with Crippen LogP contribution in [-0.4, -0.2) is 38.6 Å². The largest absolute Gasteiger partial charge is 0.393 e. The molecule has 3 rings (SSSR count). The van der Waals surface area contributed by atoms with Crippen molar-refractivity contribution >= 4 is 11.7 Å². The first-order valence-corrected chi connectivity index (χ1v) is 8.29. The molecule has 1 fully saturated rings. The third-order valence-electron chi connectivity index (χ3n) is 4.28. The molecule has 7 nitrogen and oxygen atoms in total. The van der Waals surface area contributed by atoms with E-state index in [1.807, 2.05) is 31.3 Å². The van der Waals surface area contributed by atoms with Crippen LogP contribution >= 0.6 is 0 Å². The molecule has 1 aliphatic carbocycles. The molecule has 1 aromatic carbocycles. The van der Waals surface area contributed by atoms with Crippen molar-refractivity contribution in [3.8, 4) is 11.4 Å². The van der Waals surface area contributed by atoms with E-state index in [-0.39, 0.29) is 12.1 Å². The van der Waals surface area contributed by atoms with E-state index in [0.717, 1.165) is 31.2 Å². The second kappa shape index (κ2) is 7.44. The number of benzene rings is 1. The fourth-order valence-electron chi connectivity index (χ4n) is 3.07. The van der Waals surface area contributed by atoms with Gasteiger partial charge in [0.2, 0.25) is 0 Å². The summed E-state index contributed by atoms with van der Waals surface area (Å²) in [5.41, 5.74) is 1.55. The highest BCUT2D eigenvalue weighted by Crippen LogP contribution is 2.23. The van der Waals surface area contributed by atoms with Gasteiger partial charge in [0.25, 0.3) is 0 Å². The highest BCUT2D eigenvalue weighted by molar-refractivity contribution is 5.89. The smallest absolute Gasteiger partial charge is 0.319 e. The van der Waals surface area contributed by atoms with Crippen LogP contribution in [0, 0.1) is 5.92 Å². The SMILES string of the molecule is Cn1cnc(-c2cccc(NC(=O)NCC3CCCC(O)C3)c2)n1. The highest BCUT2D eigenvalue weighted by Gasteiger charge is 2.20. The van der Waals surface area contributed by atoms with Crippen LogP contribution < -0.4 is 10.6 Å². The fraction of sp³-hybridized carbons (Fsp3) is 0.471. The first-order valence-electron chi connectivity index (χ1n) is 8.29. The summed E-state index contributed by atoms with van der Waals surface area (Å²) in [4.78, 5) is 16.3. The summed E-state index contributed by atoms with van der Waals surface area (Å²) in [5.74, 6) is 0.973. The van der Waals surface area contributed by atoms with Gasteiger partial charge in [0.15, 0.2) is 5.82 Å². The number of hydrogen-bond donors (Lipinski definition) is 3. The van der Waals surface area contributed by atoms with Gasteiger partial charge in [-0.2, -0.15) is 5.10 Å². The molecule has 24 heavy (non-hydrogen) atoms. The van der Waals surface area contributed by atoms with Crippen molar-refractivity contribution in [1.29, 1.82) is 0 Å². The number of aryl methyl sites for hydroxylation is 1. The predicted octanol–water partition coefficient (Wildman–Crippen LogP) is 2.15. The number of carbonyl (C=O) groups excluding carboxylic acids is 1. The summed E-state index contributed by atoms with van der Waals surface area (Å²) in [6.45, 7) is 0.588. The number of aliphatic hydroxyl groups excluding tert-OH is 1. The fourth-order valence-corrected chi connectivity index (χ4v) is 3.07. The monoisotopic (exact) mass is 329 g/mol. The molecule has 1 aromatic heterocycles. The molecule has 0 aliphatic heterocycles. The second-order valence-electron chi connectivity index (χ2n) is 6.34. The van der Waals surface area contributed by atoms with Crippen LogP contribution in [0.5, 0.6) is 0 Å². The average molecular weight is 329 g/mol. The van der Waals surface area contributed by atoms with Crippen LogP contribution in [0.25, 0.3) is 11.4 Å². The Labute approximate surface area is 141 Å². The van der Waals surface area contributed by atoms with E-state index >= 15 is 0 Å². The van der Waals surface area contributed by atoms with Crippen LogP contribution in [0.2, 0.25) is 0 Å². The lowest BCUT2D eigenvalue weighted by atomic mass is 9.87. The number of carbonyl (C=O) groups is 1. The maximum atomic E-state index is 12.1. The zero-order chi connectivity index (χ0) is 16.9.